The first-order valence-corrected chi connectivity index (χ1v) is 4.68. The topological polar surface area (TPSA) is 18.5 Å². The van der Waals surface area contributed by atoms with Crippen LogP contribution in [0, 0.1) is 5.92 Å². The van der Waals surface area contributed by atoms with E-state index in [1.165, 1.54) is 0 Å². The zero-order chi connectivity index (χ0) is 9.56. The van der Waals surface area contributed by atoms with Crippen LogP contribution in [0.4, 0.5) is 0 Å². The molecule has 0 fully saturated rings. The summed E-state index contributed by atoms with van der Waals surface area (Å²) in [5.74, 6) is 2.40. The van der Waals surface area contributed by atoms with Crippen molar-refractivity contribution in [2.75, 3.05) is 13.2 Å². The smallest absolute Gasteiger partial charge is 0.136 e. The number of allylic oxidation sites excluding steroid dienone is 2. The number of hydrogen-bond acceptors (Lipinski definition) is 2. The Labute approximate surface area is 75.6 Å². The quantitative estimate of drug-likeness (QED) is 0.605. The lowest BCUT2D eigenvalue weighted by Crippen LogP contribution is -2.15. The Balaban J connectivity index is 0.000000561. The second kappa shape index (κ2) is 5.92. The lowest BCUT2D eigenvalue weighted by atomic mass is 10.1. The summed E-state index contributed by atoms with van der Waals surface area (Å²) in [7, 11) is 0. The molecule has 12 heavy (non-hydrogen) atoms. The molecule has 2 nitrogen and oxygen atoms in total. The van der Waals surface area contributed by atoms with Gasteiger partial charge in [-0.15, -0.1) is 0 Å². The van der Waals surface area contributed by atoms with Gasteiger partial charge in [0.15, 0.2) is 0 Å². The largest absolute Gasteiger partial charge is 0.491 e. The summed E-state index contributed by atoms with van der Waals surface area (Å²) in [6.45, 7) is 11.6. The van der Waals surface area contributed by atoms with Crippen molar-refractivity contribution < 1.29 is 9.47 Å². The van der Waals surface area contributed by atoms with Gasteiger partial charge in [-0.05, 0) is 6.92 Å². The van der Waals surface area contributed by atoms with Crippen LogP contribution in [0.5, 0.6) is 0 Å². The molecular weight excluding hydrogens is 152 g/mol. The molecule has 1 heterocycles. The molecule has 0 aliphatic carbocycles. The molecule has 0 saturated carbocycles. The highest BCUT2D eigenvalue weighted by Gasteiger charge is 2.13. The third kappa shape index (κ3) is 3.16. The highest BCUT2D eigenvalue weighted by atomic mass is 16.6. The van der Waals surface area contributed by atoms with E-state index in [9.17, 15) is 0 Å². The Bertz CT molecular complexity index is 148. The van der Waals surface area contributed by atoms with Crippen molar-refractivity contribution in [3.63, 3.8) is 0 Å². The number of ether oxygens (including phenoxy) is 2. The fourth-order valence-electron chi connectivity index (χ4n) is 1.09. The van der Waals surface area contributed by atoms with Crippen LogP contribution < -0.4 is 0 Å². The van der Waals surface area contributed by atoms with Crippen LogP contribution in [0.25, 0.3) is 0 Å². The van der Waals surface area contributed by atoms with E-state index >= 15 is 0 Å². The van der Waals surface area contributed by atoms with Crippen LogP contribution in [0.2, 0.25) is 0 Å². The minimum atomic E-state index is 0.445. The van der Waals surface area contributed by atoms with Gasteiger partial charge in [0.1, 0.15) is 24.7 Å². The minimum Gasteiger partial charge on any atom is -0.491 e. The average molecular weight is 172 g/mol. The molecule has 1 aliphatic heterocycles. The van der Waals surface area contributed by atoms with E-state index in [0.29, 0.717) is 19.1 Å². The van der Waals surface area contributed by atoms with Gasteiger partial charge in [0, 0.05) is 5.92 Å². The molecule has 0 aromatic rings. The summed E-state index contributed by atoms with van der Waals surface area (Å²) >= 11 is 0. The van der Waals surface area contributed by atoms with E-state index in [1.54, 1.807) is 0 Å². The van der Waals surface area contributed by atoms with Crippen LogP contribution in [0.3, 0.4) is 0 Å². The highest BCUT2D eigenvalue weighted by Crippen LogP contribution is 2.19. The lowest BCUT2D eigenvalue weighted by molar-refractivity contribution is 0.0501. The molecule has 0 atom stereocenters. The Kier molecular flexibility index (Phi) is 5.60. The van der Waals surface area contributed by atoms with Gasteiger partial charge in [-0.3, -0.25) is 0 Å². The first kappa shape index (κ1) is 11.3. The molecule has 0 amide bonds. The monoisotopic (exact) mass is 172 g/mol. The van der Waals surface area contributed by atoms with E-state index in [1.807, 2.05) is 20.8 Å². The maximum atomic E-state index is 5.41. The highest BCUT2D eigenvalue weighted by molar-refractivity contribution is 5.02. The maximum Gasteiger partial charge on any atom is 0.136 e. The van der Waals surface area contributed by atoms with Crippen molar-refractivity contribution in [3.8, 4) is 0 Å². The van der Waals surface area contributed by atoms with E-state index in [2.05, 4.69) is 13.8 Å². The van der Waals surface area contributed by atoms with Crippen LogP contribution in [0.15, 0.2) is 11.5 Å². The van der Waals surface area contributed by atoms with Gasteiger partial charge in [-0.2, -0.15) is 0 Å². The van der Waals surface area contributed by atoms with Gasteiger partial charge < -0.3 is 9.47 Å². The first-order chi connectivity index (χ1) is 5.72. The molecule has 0 aromatic heterocycles. The van der Waals surface area contributed by atoms with E-state index in [4.69, 9.17) is 9.47 Å². The van der Waals surface area contributed by atoms with Crippen LogP contribution in [-0.2, 0) is 9.47 Å². The lowest BCUT2D eigenvalue weighted by Gasteiger charge is -2.22. The molecule has 2 heteroatoms. The molecule has 0 unspecified atom stereocenters. The Morgan fingerprint density at radius 2 is 1.58 bits per heavy atom. The predicted octanol–water partition coefficient (Wildman–Crippen LogP) is 2.95. The summed E-state index contributed by atoms with van der Waals surface area (Å²) < 4.78 is 10.7. The summed E-state index contributed by atoms with van der Waals surface area (Å²) in [6.07, 6.45) is 0. The zero-order valence-electron chi connectivity index (χ0n) is 8.81. The van der Waals surface area contributed by atoms with Gasteiger partial charge in [-0.1, -0.05) is 27.7 Å². The Hall–Kier alpha value is -0.660. The van der Waals surface area contributed by atoms with Gasteiger partial charge >= 0.3 is 0 Å². The molecular formula is C10H20O2. The van der Waals surface area contributed by atoms with Gasteiger partial charge in [-0.25, -0.2) is 0 Å². The second-order valence-electron chi connectivity index (χ2n) is 2.77. The van der Waals surface area contributed by atoms with E-state index in [0.717, 1.165) is 11.5 Å². The van der Waals surface area contributed by atoms with Gasteiger partial charge in [0.05, 0.1) is 0 Å². The minimum absolute atomic E-state index is 0.445. The van der Waals surface area contributed by atoms with Crippen molar-refractivity contribution in [1.29, 1.82) is 0 Å². The third-order valence-corrected chi connectivity index (χ3v) is 1.53. The summed E-state index contributed by atoms with van der Waals surface area (Å²) in [5, 5.41) is 0. The van der Waals surface area contributed by atoms with Crippen molar-refractivity contribution in [3.05, 3.63) is 11.5 Å². The van der Waals surface area contributed by atoms with Crippen LogP contribution in [-0.4, -0.2) is 13.2 Å². The summed E-state index contributed by atoms with van der Waals surface area (Å²) in [4.78, 5) is 0. The Morgan fingerprint density at radius 3 is 1.92 bits per heavy atom. The molecule has 0 radical (unpaired) electrons. The zero-order valence-corrected chi connectivity index (χ0v) is 8.81. The maximum absolute atomic E-state index is 5.41. The van der Waals surface area contributed by atoms with Crippen LogP contribution in [0.1, 0.15) is 34.6 Å². The standard InChI is InChI=1S/C8H14O2.C2H6/c1-6(2)8-7(3)9-4-5-10-8;1-2/h6H,4-5H2,1-3H3;1-2H3. The third-order valence-electron chi connectivity index (χ3n) is 1.53. The summed E-state index contributed by atoms with van der Waals surface area (Å²) in [6, 6.07) is 0. The number of hydrogen-bond donors (Lipinski definition) is 0. The fraction of sp³-hybridized carbons (Fsp3) is 0.800. The SMILES string of the molecule is CC.CC1=C(C(C)C)OCCO1. The van der Waals surface area contributed by atoms with Gasteiger partial charge in [0.2, 0.25) is 0 Å². The molecule has 0 N–H and O–H groups in total. The van der Waals surface area contributed by atoms with Crippen LogP contribution >= 0.6 is 0 Å². The van der Waals surface area contributed by atoms with Crippen molar-refractivity contribution in [2.24, 2.45) is 5.92 Å². The van der Waals surface area contributed by atoms with Crippen molar-refractivity contribution >= 4 is 0 Å². The van der Waals surface area contributed by atoms with E-state index < -0.39 is 0 Å². The molecule has 0 saturated heterocycles. The van der Waals surface area contributed by atoms with E-state index in [-0.39, 0.29) is 0 Å². The summed E-state index contributed by atoms with van der Waals surface area (Å²) in [5.41, 5.74) is 0. The van der Waals surface area contributed by atoms with Crippen molar-refractivity contribution in [1.82, 2.24) is 0 Å². The molecule has 1 rings (SSSR count). The molecule has 0 spiro atoms. The number of rotatable bonds is 1. The molecule has 72 valence electrons. The predicted molar refractivity (Wildman–Crippen MR) is 50.8 cm³/mol. The van der Waals surface area contributed by atoms with Crippen molar-refractivity contribution in [2.45, 2.75) is 34.6 Å². The normalized spacial score (nSPS) is 16.2. The second-order valence-corrected chi connectivity index (χ2v) is 2.77. The molecule has 0 aromatic carbocycles. The first-order valence-electron chi connectivity index (χ1n) is 4.68. The van der Waals surface area contributed by atoms with Gasteiger partial charge in [0.25, 0.3) is 0 Å². The fourth-order valence-corrected chi connectivity index (χ4v) is 1.09. The molecule has 0 bridgehead atoms. The Morgan fingerprint density at radius 1 is 1.08 bits per heavy atom. The molecule has 1 aliphatic rings. The average Bonchev–Trinajstić information content (AvgIpc) is 2.08.